The molecule has 98 valence electrons. The number of rotatable bonds is 4. The van der Waals surface area contributed by atoms with Crippen LogP contribution in [-0.2, 0) is 0 Å². The van der Waals surface area contributed by atoms with Crippen LogP contribution < -0.4 is 0 Å². The lowest BCUT2D eigenvalue weighted by Gasteiger charge is -2.19. The molecule has 2 N–H and O–H groups in total. The van der Waals surface area contributed by atoms with Gasteiger partial charge >= 0.3 is 0 Å². The van der Waals surface area contributed by atoms with Crippen molar-refractivity contribution in [1.82, 2.24) is 4.90 Å². The van der Waals surface area contributed by atoms with E-state index in [-0.39, 0.29) is 11.8 Å². The SMILES string of the molecule is O=[N+]([O-])c1cccc(C(O)CN2CCC(O)C2)c1. The first-order valence-electron chi connectivity index (χ1n) is 5.89. The fourth-order valence-electron chi connectivity index (χ4n) is 2.17. The molecule has 0 spiro atoms. The summed E-state index contributed by atoms with van der Waals surface area (Å²) in [4.78, 5) is 12.1. The molecule has 6 heteroatoms. The Morgan fingerprint density at radius 3 is 2.94 bits per heavy atom. The van der Waals surface area contributed by atoms with E-state index in [2.05, 4.69) is 0 Å². The largest absolute Gasteiger partial charge is 0.392 e. The van der Waals surface area contributed by atoms with Gasteiger partial charge in [-0.05, 0) is 12.0 Å². The molecule has 1 fully saturated rings. The molecule has 0 radical (unpaired) electrons. The number of aliphatic hydroxyl groups excluding tert-OH is 2. The maximum atomic E-state index is 10.6. The summed E-state index contributed by atoms with van der Waals surface area (Å²) in [5.41, 5.74) is 0.513. The van der Waals surface area contributed by atoms with E-state index in [0.29, 0.717) is 25.1 Å². The van der Waals surface area contributed by atoms with Crippen LogP contribution in [0.15, 0.2) is 24.3 Å². The van der Waals surface area contributed by atoms with Crippen molar-refractivity contribution >= 4 is 5.69 Å². The number of nitrogens with zero attached hydrogens (tertiary/aromatic N) is 2. The molecule has 2 unspecified atom stereocenters. The highest BCUT2D eigenvalue weighted by Crippen LogP contribution is 2.21. The first-order chi connectivity index (χ1) is 8.56. The molecular formula is C12H16N2O4. The molecule has 1 aliphatic heterocycles. The zero-order chi connectivity index (χ0) is 13.1. The Morgan fingerprint density at radius 2 is 2.33 bits per heavy atom. The second-order valence-corrected chi connectivity index (χ2v) is 4.57. The van der Waals surface area contributed by atoms with Crippen molar-refractivity contribution in [2.45, 2.75) is 18.6 Å². The maximum absolute atomic E-state index is 10.6. The van der Waals surface area contributed by atoms with Gasteiger partial charge < -0.3 is 10.2 Å². The second-order valence-electron chi connectivity index (χ2n) is 4.57. The van der Waals surface area contributed by atoms with Crippen molar-refractivity contribution in [3.63, 3.8) is 0 Å². The number of nitro groups is 1. The average Bonchev–Trinajstić information content (AvgIpc) is 2.75. The van der Waals surface area contributed by atoms with Gasteiger partial charge in [0.1, 0.15) is 0 Å². The highest BCUT2D eigenvalue weighted by Gasteiger charge is 2.23. The molecular weight excluding hydrogens is 236 g/mol. The van der Waals surface area contributed by atoms with Gasteiger partial charge in [0.2, 0.25) is 0 Å². The Balaban J connectivity index is 2.02. The van der Waals surface area contributed by atoms with Crippen LogP contribution in [0.3, 0.4) is 0 Å². The smallest absolute Gasteiger partial charge is 0.269 e. The Hall–Kier alpha value is -1.50. The summed E-state index contributed by atoms with van der Waals surface area (Å²) >= 11 is 0. The molecule has 0 aliphatic carbocycles. The fourth-order valence-corrected chi connectivity index (χ4v) is 2.17. The number of non-ortho nitro benzene ring substituents is 1. The zero-order valence-corrected chi connectivity index (χ0v) is 9.90. The molecule has 6 nitrogen and oxygen atoms in total. The minimum atomic E-state index is -0.768. The lowest BCUT2D eigenvalue weighted by molar-refractivity contribution is -0.385. The molecule has 1 aliphatic rings. The van der Waals surface area contributed by atoms with E-state index in [1.807, 2.05) is 4.90 Å². The summed E-state index contributed by atoms with van der Waals surface area (Å²) in [6.45, 7) is 1.68. The van der Waals surface area contributed by atoms with Gasteiger partial charge in [-0.15, -0.1) is 0 Å². The van der Waals surface area contributed by atoms with E-state index in [1.54, 1.807) is 12.1 Å². The molecule has 0 aromatic heterocycles. The Bertz CT molecular complexity index is 438. The van der Waals surface area contributed by atoms with Crippen molar-refractivity contribution in [3.8, 4) is 0 Å². The highest BCUT2D eigenvalue weighted by atomic mass is 16.6. The number of benzene rings is 1. The maximum Gasteiger partial charge on any atom is 0.269 e. The zero-order valence-electron chi connectivity index (χ0n) is 9.90. The van der Waals surface area contributed by atoms with E-state index in [4.69, 9.17) is 0 Å². The van der Waals surface area contributed by atoms with E-state index in [1.165, 1.54) is 12.1 Å². The number of aliphatic hydroxyl groups is 2. The van der Waals surface area contributed by atoms with Crippen LogP contribution in [0.1, 0.15) is 18.1 Å². The molecule has 2 rings (SSSR count). The van der Waals surface area contributed by atoms with Crippen LogP contribution >= 0.6 is 0 Å². The normalized spacial score (nSPS) is 22.0. The molecule has 2 atom stereocenters. The Morgan fingerprint density at radius 1 is 1.56 bits per heavy atom. The van der Waals surface area contributed by atoms with E-state index in [0.717, 1.165) is 6.54 Å². The number of hydrogen-bond donors (Lipinski definition) is 2. The van der Waals surface area contributed by atoms with Crippen molar-refractivity contribution in [1.29, 1.82) is 0 Å². The minimum absolute atomic E-state index is 0.0204. The van der Waals surface area contributed by atoms with Crippen LogP contribution in [-0.4, -0.2) is 45.8 Å². The molecule has 0 saturated carbocycles. The Kier molecular flexibility index (Phi) is 3.90. The van der Waals surface area contributed by atoms with Crippen LogP contribution in [0.2, 0.25) is 0 Å². The predicted molar refractivity (Wildman–Crippen MR) is 65.1 cm³/mol. The van der Waals surface area contributed by atoms with Gasteiger partial charge in [0.15, 0.2) is 0 Å². The van der Waals surface area contributed by atoms with Crippen LogP contribution in [0.4, 0.5) is 5.69 Å². The van der Waals surface area contributed by atoms with Crippen molar-refractivity contribution < 1.29 is 15.1 Å². The molecule has 0 amide bonds. The number of likely N-dealkylation sites (tertiary alicyclic amines) is 1. The van der Waals surface area contributed by atoms with Crippen LogP contribution in [0.5, 0.6) is 0 Å². The summed E-state index contributed by atoms with van der Waals surface area (Å²) in [6.07, 6.45) is -0.390. The lowest BCUT2D eigenvalue weighted by Crippen LogP contribution is -2.27. The first-order valence-corrected chi connectivity index (χ1v) is 5.89. The molecule has 1 heterocycles. The van der Waals surface area contributed by atoms with E-state index in [9.17, 15) is 20.3 Å². The van der Waals surface area contributed by atoms with Gasteiger partial charge in [-0.3, -0.25) is 15.0 Å². The quantitative estimate of drug-likeness (QED) is 0.608. The lowest BCUT2D eigenvalue weighted by atomic mass is 10.1. The highest BCUT2D eigenvalue weighted by molar-refractivity contribution is 5.35. The Labute approximate surface area is 105 Å². The third-order valence-electron chi connectivity index (χ3n) is 3.14. The van der Waals surface area contributed by atoms with Crippen LogP contribution in [0, 0.1) is 10.1 Å². The third-order valence-corrected chi connectivity index (χ3v) is 3.14. The molecule has 0 bridgehead atoms. The summed E-state index contributed by atoms with van der Waals surface area (Å²) in [5, 5.41) is 30.1. The first kappa shape index (κ1) is 12.9. The third kappa shape index (κ3) is 3.04. The minimum Gasteiger partial charge on any atom is -0.392 e. The van der Waals surface area contributed by atoms with Gasteiger partial charge in [0.05, 0.1) is 17.1 Å². The van der Waals surface area contributed by atoms with E-state index >= 15 is 0 Å². The summed E-state index contributed by atoms with van der Waals surface area (Å²) in [6, 6.07) is 6.02. The van der Waals surface area contributed by atoms with Crippen molar-refractivity contribution in [3.05, 3.63) is 39.9 Å². The van der Waals surface area contributed by atoms with Crippen molar-refractivity contribution in [2.24, 2.45) is 0 Å². The topological polar surface area (TPSA) is 86.8 Å². The van der Waals surface area contributed by atoms with Crippen LogP contribution in [0.25, 0.3) is 0 Å². The second kappa shape index (κ2) is 5.43. The van der Waals surface area contributed by atoms with Gasteiger partial charge in [-0.2, -0.15) is 0 Å². The van der Waals surface area contributed by atoms with Gasteiger partial charge in [-0.1, -0.05) is 12.1 Å². The molecule has 1 aromatic carbocycles. The predicted octanol–water partition coefficient (Wildman–Crippen LogP) is 0.695. The summed E-state index contributed by atoms with van der Waals surface area (Å²) in [5.74, 6) is 0. The number of β-amino-alcohol motifs (C(OH)–C–C–N with tert-alkyl or cyclic N) is 2. The fraction of sp³-hybridized carbons (Fsp3) is 0.500. The van der Waals surface area contributed by atoms with Gasteiger partial charge in [0.25, 0.3) is 5.69 Å². The summed E-state index contributed by atoms with van der Waals surface area (Å²) < 4.78 is 0. The number of nitro benzene ring substituents is 1. The standard InChI is InChI=1S/C12H16N2O4/c15-11-4-5-13(7-11)8-12(16)9-2-1-3-10(6-9)14(17)18/h1-3,6,11-12,15-16H,4-5,7-8H2. The van der Waals surface area contributed by atoms with E-state index < -0.39 is 11.0 Å². The van der Waals surface area contributed by atoms with Gasteiger partial charge in [0, 0.05) is 31.8 Å². The molecule has 18 heavy (non-hydrogen) atoms. The van der Waals surface area contributed by atoms with Crippen molar-refractivity contribution in [2.75, 3.05) is 19.6 Å². The molecule has 1 aromatic rings. The summed E-state index contributed by atoms with van der Waals surface area (Å²) in [7, 11) is 0. The average molecular weight is 252 g/mol. The monoisotopic (exact) mass is 252 g/mol. The number of hydrogen-bond acceptors (Lipinski definition) is 5. The molecule has 1 saturated heterocycles. The van der Waals surface area contributed by atoms with Gasteiger partial charge in [-0.25, -0.2) is 0 Å².